The van der Waals surface area contributed by atoms with E-state index in [1.54, 1.807) is 18.2 Å². The third kappa shape index (κ3) is 3.54. The van der Waals surface area contributed by atoms with E-state index in [1.807, 2.05) is 0 Å². The van der Waals surface area contributed by atoms with Crippen LogP contribution in [0.15, 0.2) is 39.5 Å². The minimum atomic E-state index is -0.487. The minimum absolute atomic E-state index is 0.0198. The van der Waals surface area contributed by atoms with Crippen LogP contribution in [0.1, 0.15) is 0 Å². The van der Waals surface area contributed by atoms with Crippen molar-refractivity contribution < 1.29 is 33.6 Å². The summed E-state index contributed by atoms with van der Waals surface area (Å²) in [6.07, 6.45) is 0. The minimum Gasteiger partial charge on any atom is -0.504 e. The Morgan fingerprint density at radius 1 is 0.964 bits per heavy atom. The summed E-state index contributed by atoms with van der Waals surface area (Å²) in [6, 6.07) is 7.51. The Morgan fingerprint density at radius 3 is 2.39 bits per heavy atom. The van der Waals surface area contributed by atoms with Crippen molar-refractivity contribution in [2.24, 2.45) is 0 Å². The average molecular weight is 388 g/mol. The van der Waals surface area contributed by atoms with Gasteiger partial charge in [-0.1, -0.05) is 0 Å². The zero-order valence-corrected chi connectivity index (χ0v) is 15.6. The first-order valence-corrected chi connectivity index (χ1v) is 8.37. The van der Waals surface area contributed by atoms with Gasteiger partial charge < -0.3 is 33.6 Å². The molecular weight excluding hydrogens is 368 g/mol. The fraction of sp³-hybridized carbons (Fsp3) is 0.250. The van der Waals surface area contributed by atoms with E-state index in [0.29, 0.717) is 17.1 Å². The third-order valence-electron chi connectivity index (χ3n) is 4.13. The number of phenolic OH excluding ortho intramolecular Hbond substituents is 2. The van der Waals surface area contributed by atoms with Crippen molar-refractivity contribution in [1.82, 2.24) is 0 Å². The van der Waals surface area contributed by atoms with E-state index in [2.05, 4.69) is 0 Å². The molecule has 2 aromatic carbocycles. The molecule has 3 rings (SSSR count). The Hall–Kier alpha value is -3.39. The number of phenols is 2. The maximum Gasteiger partial charge on any atom is 0.204 e. The number of hydrogen-bond acceptors (Lipinski definition) is 8. The molecule has 8 nitrogen and oxygen atoms in total. The first kappa shape index (κ1) is 19.4. The molecule has 3 aromatic rings. The number of hydrogen-bond donors (Lipinski definition) is 2. The molecular formula is C20H20O8. The zero-order valence-electron chi connectivity index (χ0n) is 15.6. The summed E-state index contributed by atoms with van der Waals surface area (Å²) < 4.78 is 26.4. The zero-order chi connectivity index (χ0) is 20.3. The highest BCUT2D eigenvalue weighted by Crippen LogP contribution is 2.42. The molecule has 148 valence electrons. The van der Waals surface area contributed by atoms with Gasteiger partial charge in [-0.15, -0.1) is 0 Å². The van der Waals surface area contributed by atoms with Gasteiger partial charge in [0.15, 0.2) is 28.4 Å². The van der Waals surface area contributed by atoms with Gasteiger partial charge in [0.2, 0.25) is 5.75 Å². The lowest BCUT2D eigenvalue weighted by atomic mass is 10.1. The summed E-state index contributed by atoms with van der Waals surface area (Å²) in [5.41, 5.74) is 0.0996. The van der Waals surface area contributed by atoms with Gasteiger partial charge in [0.1, 0.15) is 23.3 Å². The largest absolute Gasteiger partial charge is 0.504 e. The molecule has 1 aromatic heterocycles. The maximum atomic E-state index is 12.6. The van der Waals surface area contributed by atoms with E-state index in [0.717, 1.165) is 0 Å². The summed E-state index contributed by atoms with van der Waals surface area (Å²) in [5.74, 6) is 0.200. The second kappa shape index (κ2) is 8.10. The molecule has 0 spiro atoms. The molecule has 28 heavy (non-hydrogen) atoms. The molecule has 0 aliphatic heterocycles. The Morgan fingerprint density at radius 2 is 1.71 bits per heavy atom. The van der Waals surface area contributed by atoms with Crippen LogP contribution in [0.4, 0.5) is 0 Å². The Bertz CT molecular complexity index is 1050. The molecule has 0 amide bonds. The van der Waals surface area contributed by atoms with Gasteiger partial charge in [-0.25, -0.2) is 0 Å². The quantitative estimate of drug-likeness (QED) is 0.595. The van der Waals surface area contributed by atoms with Gasteiger partial charge in [-0.05, 0) is 18.2 Å². The van der Waals surface area contributed by atoms with E-state index in [1.165, 1.54) is 33.5 Å². The van der Waals surface area contributed by atoms with Crippen LogP contribution >= 0.6 is 0 Å². The van der Waals surface area contributed by atoms with E-state index in [9.17, 15) is 15.0 Å². The van der Waals surface area contributed by atoms with E-state index >= 15 is 0 Å². The number of methoxy groups -OCH3 is 3. The molecule has 0 aliphatic carbocycles. The van der Waals surface area contributed by atoms with E-state index in [-0.39, 0.29) is 41.4 Å². The second-order valence-electron chi connectivity index (χ2n) is 5.83. The van der Waals surface area contributed by atoms with E-state index < -0.39 is 11.2 Å². The average Bonchev–Trinajstić information content (AvgIpc) is 2.69. The van der Waals surface area contributed by atoms with Crippen LogP contribution in [0.25, 0.3) is 22.3 Å². The van der Waals surface area contributed by atoms with Crippen LogP contribution < -0.4 is 19.6 Å². The molecule has 1 heterocycles. The third-order valence-corrected chi connectivity index (χ3v) is 4.13. The molecule has 2 N–H and O–H groups in total. The number of aromatic hydroxyl groups is 2. The SMILES string of the molecule is COCCOc1c(O)cc2oc(-c3ccc(OC)c(OC)c3)cc(=O)c2c1O. The van der Waals surface area contributed by atoms with Crippen molar-refractivity contribution in [2.45, 2.75) is 0 Å². The predicted octanol–water partition coefficient (Wildman–Crippen LogP) is 2.91. The Kier molecular flexibility index (Phi) is 5.60. The lowest BCUT2D eigenvalue weighted by Crippen LogP contribution is -2.06. The fourth-order valence-electron chi connectivity index (χ4n) is 2.77. The molecule has 0 radical (unpaired) electrons. The maximum absolute atomic E-state index is 12.6. The highest BCUT2D eigenvalue weighted by molar-refractivity contribution is 5.89. The lowest BCUT2D eigenvalue weighted by Gasteiger charge is -2.12. The van der Waals surface area contributed by atoms with Crippen molar-refractivity contribution >= 4 is 11.0 Å². The van der Waals surface area contributed by atoms with Crippen LogP contribution in [-0.4, -0.2) is 44.8 Å². The molecule has 0 fully saturated rings. The van der Waals surface area contributed by atoms with Crippen LogP contribution in [0.2, 0.25) is 0 Å². The van der Waals surface area contributed by atoms with Crippen LogP contribution in [-0.2, 0) is 4.74 Å². The summed E-state index contributed by atoms with van der Waals surface area (Å²) in [7, 11) is 4.51. The van der Waals surface area contributed by atoms with Crippen LogP contribution in [0.5, 0.6) is 28.7 Å². The Balaban J connectivity index is 2.11. The van der Waals surface area contributed by atoms with Crippen LogP contribution in [0, 0.1) is 0 Å². The second-order valence-corrected chi connectivity index (χ2v) is 5.83. The smallest absolute Gasteiger partial charge is 0.204 e. The van der Waals surface area contributed by atoms with E-state index in [4.69, 9.17) is 23.4 Å². The van der Waals surface area contributed by atoms with Gasteiger partial charge in [-0.3, -0.25) is 4.79 Å². The van der Waals surface area contributed by atoms with Gasteiger partial charge in [0.25, 0.3) is 0 Å². The van der Waals surface area contributed by atoms with Gasteiger partial charge >= 0.3 is 0 Å². The Labute approximate surface area is 160 Å². The normalized spacial score (nSPS) is 10.8. The molecule has 0 bridgehead atoms. The van der Waals surface area contributed by atoms with Crippen molar-refractivity contribution in [3.05, 3.63) is 40.6 Å². The highest BCUT2D eigenvalue weighted by Gasteiger charge is 2.19. The van der Waals surface area contributed by atoms with Gasteiger partial charge in [-0.2, -0.15) is 0 Å². The van der Waals surface area contributed by atoms with Crippen molar-refractivity contribution in [1.29, 1.82) is 0 Å². The summed E-state index contributed by atoms with van der Waals surface area (Å²) >= 11 is 0. The molecule has 0 unspecified atom stereocenters. The first-order chi connectivity index (χ1) is 13.5. The molecule has 0 saturated heterocycles. The molecule has 0 atom stereocenters. The molecule has 0 aliphatic rings. The number of rotatable bonds is 7. The lowest BCUT2D eigenvalue weighted by molar-refractivity contribution is 0.142. The monoisotopic (exact) mass is 388 g/mol. The first-order valence-electron chi connectivity index (χ1n) is 8.37. The number of benzene rings is 2. The highest BCUT2D eigenvalue weighted by atomic mass is 16.5. The number of fused-ring (bicyclic) bond motifs is 1. The summed E-state index contributed by atoms with van der Waals surface area (Å²) in [6.45, 7) is 0.349. The molecule has 8 heteroatoms. The molecule has 0 saturated carbocycles. The van der Waals surface area contributed by atoms with Crippen LogP contribution in [0.3, 0.4) is 0 Å². The number of ether oxygens (including phenoxy) is 4. The van der Waals surface area contributed by atoms with Crippen molar-refractivity contribution in [3.63, 3.8) is 0 Å². The standard InChI is InChI=1S/C20H20O8/c1-24-6-7-27-20-13(22)10-17-18(19(20)23)12(21)9-15(28-17)11-4-5-14(25-2)16(8-11)26-3/h4-5,8-10,22-23H,6-7H2,1-3H3. The van der Waals surface area contributed by atoms with Crippen molar-refractivity contribution in [2.75, 3.05) is 34.5 Å². The topological polar surface area (TPSA) is 108 Å². The summed E-state index contributed by atoms with van der Waals surface area (Å²) in [5, 5.41) is 20.5. The van der Waals surface area contributed by atoms with Crippen molar-refractivity contribution in [3.8, 4) is 40.1 Å². The van der Waals surface area contributed by atoms with Gasteiger partial charge in [0.05, 0.1) is 20.8 Å². The van der Waals surface area contributed by atoms with Gasteiger partial charge in [0, 0.05) is 24.8 Å². The predicted molar refractivity (Wildman–Crippen MR) is 102 cm³/mol. The summed E-state index contributed by atoms with van der Waals surface area (Å²) in [4.78, 5) is 12.6. The fourth-order valence-corrected chi connectivity index (χ4v) is 2.77.